The lowest BCUT2D eigenvalue weighted by molar-refractivity contribution is -0.133. The Morgan fingerprint density at radius 1 is 1.25 bits per heavy atom. The van der Waals surface area contributed by atoms with Gasteiger partial charge in [-0.15, -0.1) is 0 Å². The molecule has 70 valence electrons. The molecule has 0 N–H and O–H groups in total. The van der Waals surface area contributed by atoms with Crippen molar-refractivity contribution in [2.24, 2.45) is 0 Å². The number of morpholine rings is 1. The topological polar surface area (TPSA) is 12.5 Å². The van der Waals surface area contributed by atoms with Gasteiger partial charge in [-0.25, -0.2) is 0 Å². The van der Waals surface area contributed by atoms with Gasteiger partial charge in [-0.2, -0.15) is 0 Å². The summed E-state index contributed by atoms with van der Waals surface area (Å²) in [7, 11) is 0. The number of rotatable bonds is 0. The van der Waals surface area contributed by atoms with Gasteiger partial charge in [0.05, 0.1) is 12.7 Å². The number of nitrogens with zero attached hydrogens (tertiary/aromatic N) is 1. The van der Waals surface area contributed by atoms with Crippen molar-refractivity contribution < 1.29 is 4.74 Å². The van der Waals surface area contributed by atoms with E-state index in [1.165, 1.54) is 12.8 Å². The first-order valence-electron chi connectivity index (χ1n) is 4.96. The highest BCUT2D eigenvalue weighted by Gasteiger charge is 2.39. The van der Waals surface area contributed by atoms with Crippen molar-refractivity contribution in [3.63, 3.8) is 0 Å². The largest absolute Gasteiger partial charge is 0.375 e. The monoisotopic (exact) mass is 169 g/mol. The van der Waals surface area contributed by atoms with E-state index < -0.39 is 0 Å². The molecule has 12 heavy (non-hydrogen) atoms. The highest BCUT2D eigenvalue weighted by atomic mass is 16.5. The van der Waals surface area contributed by atoms with Crippen LogP contribution in [0, 0.1) is 0 Å². The summed E-state index contributed by atoms with van der Waals surface area (Å²) in [6, 6.07) is 0.690. The number of hydrogen-bond donors (Lipinski definition) is 0. The van der Waals surface area contributed by atoms with Crippen LogP contribution < -0.4 is 0 Å². The van der Waals surface area contributed by atoms with Crippen LogP contribution in [0.1, 0.15) is 33.6 Å². The summed E-state index contributed by atoms with van der Waals surface area (Å²) < 4.78 is 5.66. The SMILES string of the molecule is CC(C)(C)N1CC2CCC1CO2. The Bertz CT molecular complexity index is 165. The lowest BCUT2D eigenvalue weighted by Crippen LogP contribution is -2.60. The van der Waals surface area contributed by atoms with Gasteiger partial charge in [-0.05, 0) is 33.6 Å². The van der Waals surface area contributed by atoms with E-state index in [1.54, 1.807) is 0 Å². The van der Waals surface area contributed by atoms with Gasteiger partial charge in [0.2, 0.25) is 0 Å². The second-order valence-electron chi connectivity index (χ2n) is 5.01. The molecule has 3 aliphatic rings. The third kappa shape index (κ3) is 1.38. The molecule has 3 fully saturated rings. The predicted molar refractivity (Wildman–Crippen MR) is 49.2 cm³/mol. The molecule has 0 saturated carbocycles. The predicted octanol–water partition coefficient (Wildman–Crippen LogP) is 1.65. The quantitative estimate of drug-likeness (QED) is 0.546. The van der Waals surface area contributed by atoms with Crippen molar-refractivity contribution in [3.05, 3.63) is 0 Å². The minimum absolute atomic E-state index is 0.327. The maximum Gasteiger partial charge on any atom is 0.0703 e. The Morgan fingerprint density at radius 3 is 2.25 bits per heavy atom. The highest BCUT2D eigenvalue weighted by molar-refractivity contribution is 4.92. The van der Waals surface area contributed by atoms with Crippen LogP contribution in [0.4, 0.5) is 0 Å². The average Bonchev–Trinajstić information content (AvgIpc) is 2.05. The Balaban J connectivity index is 2.09. The van der Waals surface area contributed by atoms with E-state index in [0.717, 1.165) is 13.2 Å². The van der Waals surface area contributed by atoms with Crippen LogP contribution in [0.15, 0.2) is 0 Å². The van der Waals surface area contributed by atoms with Crippen molar-refractivity contribution >= 4 is 0 Å². The average molecular weight is 169 g/mol. The lowest BCUT2D eigenvalue weighted by Gasteiger charge is -2.51. The maximum absolute atomic E-state index is 5.66. The van der Waals surface area contributed by atoms with Gasteiger partial charge in [0.1, 0.15) is 0 Å². The smallest absolute Gasteiger partial charge is 0.0703 e. The first-order valence-corrected chi connectivity index (χ1v) is 4.96. The van der Waals surface area contributed by atoms with Crippen LogP contribution in [0.2, 0.25) is 0 Å². The van der Waals surface area contributed by atoms with Crippen LogP contribution in [-0.4, -0.2) is 35.7 Å². The summed E-state index contributed by atoms with van der Waals surface area (Å²) in [5, 5.41) is 0. The Labute approximate surface area is 74.9 Å². The number of fused-ring (bicyclic) bond motifs is 3. The van der Waals surface area contributed by atoms with Gasteiger partial charge in [-0.1, -0.05) is 0 Å². The molecule has 2 nitrogen and oxygen atoms in total. The molecule has 3 aliphatic heterocycles. The lowest BCUT2D eigenvalue weighted by atomic mass is 9.91. The third-order valence-corrected chi connectivity index (χ3v) is 3.05. The summed E-state index contributed by atoms with van der Waals surface area (Å²) in [5.41, 5.74) is 0.327. The standard InChI is InChI=1S/C10H19NO/c1-10(2,3)11-6-9-5-4-8(11)7-12-9/h8-9H,4-7H2,1-3H3. The fraction of sp³-hybridized carbons (Fsp3) is 1.00. The molecule has 2 heteroatoms. The fourth-order valence-electron chi connectivity index (χ4n) is 2.37. The Kier molecular flexibility index (Phi) is 1.92. The van der Waals surface area contributed by atoms with Gasteiger partial charge in [0.15, 0.2) is 0 Å². The molecule has 0 radical (unpaired) electrons. The van der Waals surface area contributed by atoms with Crippen molar-refractivity contribution in [1.29, 1.82) is 0 Å². The molecule has 0 aromatic carbocycles. The number of hydrogen-bond acceptors (Lipinski definition) is 2. The summed E-state index contributed by atoms with van der Waals surface area (Å²) in [5.74, 6) is 0. The maximum atomic E-state index is 5.66. The minimum Gasteiger partial charge on any atom is -0.375 e. The molecule has 0 amide bonds. The van der Waals surface area contributed by atoms with Gasteiger partial charge in [-0.3, -0.25) is 4.90 Å². The second kappa shape index (κ2) is 2.71. The third-order valence-electron chi connectivity index (χ3n) is 3.05. The molecular formula is C10H19NO. The summed E-state index contributed by atoms with van der Waals surface area (Å²) in [6.45, 7) is 9.01. The van der Waals surface area contributed by atoms with Crippen molar-refractivity contribution in [1.82, 2.24) is 4.90 Å². The van der Waals surface area contributed by atoms with E-state index in [1.807, 2.05) is 0 Å². The zero-order valence-corrected chi connectivity index (χ0v) is 8.34. The molecule has 3 saturated heterocycles. The van der Waals surface area contributed by atoms with Crippen LogP contribution in [0.25, 0.3) is 0 Å². The summed E-state index contributed by atoms with van der Waals surface area (Å²) in [6.07, 6.45) is 3.13. The second-order valence-corrected chi connectivity index (χ2v) is 5.01. The van der Waals surface area contributed by atoms with Gasteiger partial charge in [0, 0.05) is 18.1 Å². The van der Waals surface area contributed by atoms with Crippen molar-refractivity contribution in [2.75, 3.05) is 13.2 Å². The number of piperidine rings is 1. The van der Waals surface area contributed by atoms with E-state index in [0.29, 0.717) is 17.7 Å². The normalized spacial score (nSPS) is 37.2. The summed E-state index contributed by atoms with van der Waals surface area (Å²) >= 11 is 0. The van der Waals surface area contributed by atoms with E-state index in [4.69, 9.17) is 4.74 Å². The van der Waals surface area contributed by atoms with Crippen LogP contribution >= 0.6 is 0 Å². The fourth-order valence-corrected chi connectivity index (χ4v) is 2.37. The van der Waals surface area contributed by atoms with Crippen molar-refractivity contribution in [3.8, 4) is 0 Å². The van der Waals surface area contributed by atoms with Gasteiger partial charge in [0.25, 0.3) is 0 Å². The zero-order chi connectivity index (χ0) is 8.77. The van der Waals surface area contributed by atoms with Crippen LogP contribution in [0.5, 0.6) is 0 Å². The summed E-state index contributed by atoms with van der Waals surface area (Å²) in [4.78, 5) is 2.60. The molecule has 0 aliphatic carbocycles. The zero-order valence-electron chi connectivity index (χ0n) is 8.34. The Hall–Kier alpha value is -0.0800. The molecule has 3 rings (SSSR count). The van der Waals surface area contributed by atoms with Crippen molar-refractivity contribution in [2.45, 2.75) is 51.3 Å². The van der Waals surface area contributed by atoms with E-state index in [2.05, 4.69) is 25.7 Å². The van der Waals surface area contributed by atoms with E-state index in [-0.39, 0.29) is 0 Å². The molecule has 2 bridgehead atoms. The number of ether oxygens (including phenoxy) is 1. The van der Waals surface area contributed by atoms with Gasteiger partial charge >= 0.3 is 0 Å². The highest BCUT2D eigenvalue weighted by Crippen LogP contribution is 2.31. The van der Waals surface area contributed by atoms with Gasteiger partial charge < -0.3 is 4.74 Å². The van der Waals surface area contributed by atoms with Crippen LogP contribution in [0.3, 0.4) is 0 Å². The minimum atomic E-state index is 0.327. The molecule has 2 unspecified atom stereocenters. The van der Waals surface area contributed by atoms with E-state index in [9.17, 15) is 0 Å². The first kappa shape index (κ1) is 8.52. The molecule has 0 aromatic heterocycles. The molecule has 0 spiro atoms. The molecular weight excluding hydrogens is 150 g/mol. The van der Waals surface area contributed by atoms with E-state index >= 15 is 0 Å². The molecule has 3 heterocycles. The first-order chi connectivity index (χ1) is 5.57. The molecule has 2 atom stereocenters. The van der Waals surface area contributed by atoms with Crippen LogP contribution in [-0.2, 0) is 4.74 Å². The Morgan fingerprint density at radius 2 is 2.00 bits per heavy atom. The molecule has 0 aromatic rings.